The Morgan fingerprint density at radius 1 is 0.976 bits per heavy atom. The summed E-state index contributed by atoms with van der Waals surface area (Å²) in [6.45, 7) is 8.40. The Kier molecular flexibility index (Phi) is 9.28. The molecular formula is C31H41N5O6. The number of hydrogen-bond donors (Lipinski definition) is 2. The molecule has 11 heteroatoms. The summed E-state index contributed by atoms with van der Waals surface area (Å²) in [6, 6.07) is 10.7. The Morgan fingerprint density at radius 2 is 1.60 bits per heavy atom. The number of likely N-dealkylation sites (tertiary alicyclic amines) is 1. The van der Waals surface area contributed by atoms with E-state index in [1.54, 1.807) is 26.2 Å². The zero-order valence-corrected chi connectivity index (χ0v) is 25.4. The van der Waals surface area contributed by atoms with Gasteiger partial charge in [-0.3, -0.25) is 4.79 Å². The minimum Gasteiger partial charge on any atom is -0.493 e. The molecule has 0 spiro atoms. The predicted molar refractivity (Wildman–Crippen MR) is 160 cm³/mol. The van der Waals surface area contributed by atoms with E-state index in [1.807, 2.05) is 64.1 Å². The summed E-state index contributed by atoms with van der Waals surface area (Å²) >= 11 is 0. The highest BCUT2D eigenvalue weighted by atomic mass is 16.6. The smallest absolute Gasteiger partial charge is 0.410 e. The molecule has 2 aromatic rings. The maximum absolute atomic E-state index is 13.0. The molecule has 2 aliphatic rings. The fourth-order valence-electron chi connectivity index (χ4n) is 5.16. The summed E-state index contributed by atoms with van der Waals surface area (Å²) in [6.07, 6.45) is 1.35. The fraction of sp³-hybridized carbons (Fsp3) is 0.484. The Bertz CT molecular complexity index is 1340. The highest BCUT2D eigenvalue weighted by Gasteiger charge is 2.31. The summed E-state index contributed by atoms with van der Waals surface area (Å²) in [5, 5.41) is 11.9. The third-order valence-corrected chi connectivity index (χ3v) is 7.37. The van der Waals surface area contributed by atoms with Gasteiger partial charge in [-0.2, -0.15) is 5.10 Å². The van der Waals surface area contributed by atoms with Crippen molar-refractivity contribution in [3.8, 4) is 11.5 Å². The molecule has 4 amide bonds. The Morgan fingerprint density at radius 3 is 2.17 bits per heavy atom. The number of nitrogens with one attached hydrogen (secondary N) is 2. The van der Waals surface area contributed by atoms with Crippen molar-refractivity contribution in [2.45, 2.75) is 58.6 Å². The van der Waals surface area contributed by atoms with Gasteiger partial charge in [-0.1, -0.05) is 12.1 Å². The van der Waals surface area contributed by atoms with Gasteiger partial charge in [0, 0.05) is 42.9 Å². The van der Waals surface area contributed by atoms with Gasteiger partial charge >= 0.3 is 12.1 Å². The largest absolute Gasteiger partial charge is 0.493 e. The fourth-order valence-corrected chi connectivity index (χ4v) is 5.16. The molecule has 226 valence electrons. The maximum Gasteiger partial charge on any atom is 0.410 e. The second kappa shape index (κ2) is 12.7. The molecule has 0 aliphatic carbocycles. The lowest BCUT2D eigenvalue weighted by atomic mass is 9.93. The summed E-state index contributed by atoms with van der Waals surface area (Å²) < 4.78 is 16.5. The average Bonchev–Trinajstić information content (AvgIpc) is 3.11. The molecule has 0 saturated carbocycles. The third-order valence-electron chi connectivity index (χ3n) is 7.37. The zero-order valence-electron chi connectivity index (χ0n) is 25.4. The first-order valence-corrected chi connectivity index (χ1v) is 14.2. The minimum absolute atomic E-state index is 0.0832. The van der Waals surface area contributed by atoms with Crippen LogP contribution < -0.4 is 20.1 Å². The molecule has 1 saturated heterocycles. The van der Waals surface area contributed by atoms with E-state index in [0.717, 1.165) is 16.7 Å². The van der Waals surface area contributed by atoms with E-state index in [4.69, 9.17) is 19.3 Å². The number of anilines is 1. The van der Waals surface area contributed by atoms with Crippen molar-refractivity contribution in [3.63, 3.8) is 0 Å². The molecule has 2 N–H and O–H groups in total. The van der Waals surface area contributed by atoms with Crippen LogP contribution in [-0.2, 0) is 16.0 Å². The van der Waals surface area contributed by atoms with Crippen molar-refractivity contribution in [2.24, 2.45) is 11.0 Å². The van der Waals surface area contributed by atoms with E-state index < -0.39 is 5.60 Å². The van der Waals surface area contributed by atoms with Crippen molar-refractivity contribution in [1.82, 2.24) is 15.2 Å². The molecule has 1 fully saturated rings. The van der Waals surface area contributed by atoms with Crippen molar-refractivity contribution >= 4 is 29.4 Å². The average molecular weight is 580 g/mol. The number of carbonyl (C=O) groups excluding carboxylic acids is 3. The predicted octanol–water partition coefficient (Wildman–Crippen LogP) is 4.63. The van der Waals surface area contributed by atoms with Crippen LogP contribution in [0, 0.1) is 5.92 Å². The molecule has 2 aliphatic heterocycles. The van der Waals surface area contributed by atoms with Gasteiger partial charge in [0.15, 0.2) is 11.5 Å². The number of nitrogens with zero attached hydrogens (tertiary/aromatic N) is 3. The van der Waals surface area contributed by atoms with Crippen molar-refractivity contribution in [1.29, 1.82) is 0 Å². The lowest BCUT2D eigenvalue weighted by Crippen LogP contribution is -2.43. The molecule has 0 radical (unpaired) electrons. The number of fused-ring (bicyclic) bond motifs is 1. The Hall–Kier alpha value is -4.28. The first-order chi connectivity index (χ1) is 19.9. The number of amides is 4. The molecule has 0 aromatic heterocycles. The van der Waals surface area contributed by atoms with Gasteiger partial charge in [0.05, 0.1) is 26.0 Å². The van der Waals surface area contributed by atoms with Gasteiger partial charge in [0.1, 0.15) is 5.60 Å². The first-order valence-electron chi connectivity index (χ1n) is 14.2. The van der Waals surface area contributed by atoms with Crippen LogP contribution in [0.1, 0.15) is 57.2 Å². The topological polar surface area (TPSA) is 122 Å². The van der Waals surface area contributed by atoms with Gasteiger partial charge in [-0.05, 0) is 76.8 Å². The minimum atomic E-state index is -0.556. The second-order valence-corrected chi connectivity index (χ2v) is 11.6. The highest BCUT2D eigenvalue weighted by molar-refractivity contribution is 6.14. The molecule has 0 unspecified atom stereocenters. The maximum atomic E-state index is 13.0. The number of methoxy groups -OCH3 is 2. The summed E-state index contributed by atoms with van der Waals surface area (Å²) in [5.41, 5.74) is 3.28. The van der Waals surface area contributed by atoms with E-state index in [1.165, 1.54) is 5.01 Å². The number of carbonyl (C=O) groups is 3. The molecule has 4 rings (SSSR count). The SMILES string of the molecule is CNC(=O)N1N=C(c2ccc(NC(=O)C3CCN(C(=O)OC(C)(C)C)CC3)cc2)c2cc(OC)c(OC)cc2C[C@H]1C. The van der Waals surface area contributed by atoms with Gasteiger partial charge in [0.25, 0.3) is 0 Å². The van der Waals surface area contributed by atoms with Crippen LogP contribution in [0.4, 0.5) is 15.3 Å². The lowest BCUT2D eigenvalue weighted by molar-refractivity contribution is -0.121. The standard InChI is InChI=1S/C31H41N5O6/c1-19-16-22-17-25(40-6)26(41-7)18-24(22)27(34-36(19)29(38)32-5)20-8-10-23(11-9-20)33-28(37)21-12-14-35(15-13-21)30(39)42-31(2,3)4/h8-11,17-19,21H,12-16H2,1-7H3,(H,32,38)(H,33,37)/t19-/m1/s1. The van der Waals surface area contributed by atoms with Gasteiger partial charge in [-0.15, -0.1) is 0 Å². The van der Waals surface area contributed by atoms with Crippen LogP contribution in [0.15, 0.2) is 41.5 Å². The third kappa shape index (κ3) is 6.95. The monoisotopic (exact) mass is 579 g/mol. The Balaban J connectivity index is 1.52. The summed E-state index contributed by atoms with van der Waals surface area (Å²) in [4.78, 5) is 39.8. The summed E-state index contributed by atoms with van der Waals surface area (Å²) in [5.74, 6) is 0.879. The number of hydrazone groups is 1. The summed E-state index contributed by atoms with van der Waals surface area (Å²) in [7, 11) is 4.75. The van der Waals surface area contributed by atoms with E-state index in [2.05, 4.69) is 10.6 Å². The van der Waals surface area contributed by atoms with Crippen molar-refractivity contribution in [3.05, 3.63) is 53.1 Å². The molecule has 1 atom stereocenters. The van der Waals surface area contributed by atoms with Crippen LogP contribution >= 0.6 is 0 Å². The first kappa shape index (κ1) is 30.7. The van der Waals surface area contributed by atoms with E-state index >= 15 is 0 Å². The van der Waals surface area contributed by atoms with Crippen LogP contribution in [0.25, 0.3) is 0 Å². The number of ether oxygens (including phenoxy) is 3. The quantitative estimate of drug-likeness (QED) is 0.533. The number of benzene rings is 2. The van der Waals surface area contributed by atoms with E-state index in [0.29, 0.717) is 55.3 Å². The molecule has 2 heterocycles. The van der Waals surface area contributed by atoms with Crippen LogP contribution in [0.3, 0.4) is 0 Å². The van der Waals surface area contributed by atoms with E-state index in [9.17, 15) is 14.4 Å². The van der Waals surface area contributed by atoms with Crippen LogP contribution in [0.5, 0.6) is 11.5 Å². The van der Waals surface area contributed by atoms with Crippen LogP contribution in [0.2, 0.25) is 0 Å². The highest BCUT2D eigenvalue weighted by Crippen LogP contribution is 2.35. The van der Waals surface area contributed by atoms with Gasteiger partial charge in [0.2, 0.25) is 5.91 Å². The number of piperidine rings is 1. The van der Waals surface area contributed by atoms with Crippen molar-refractivity contribution in [2.75, 3.05) is 39.7 Å². The van der Waals surface area contributed by atoms with Gasteiger partial charge in [-0.25, -0.2) is 14.6 Å². The molecule has 11 nitrogen and oxygen atoms in total. The van der Waals surface area contributed by atoms with E-state index in [-0.39, 0.29) is 30.0 Å². The number of hydrogen-bond acceptors (Lipinski definition) is 7. The second-order valence-electron chi connectivity index (χ2n) is 11.6. The molecule has 42 heavy (non-hydrogen) atoms. The number of urea groups is 1. The van der Waals surface area contributed by atoms with Crippen LogP contribution in [-0.4, -0.2) is 79.7 Å². The molecular weight excluding hydrogens is 538 g/mol. The normalized spacial score (nSPS) is 17.4. The van der Waals surface area contributed by atoms with Crippen molar-refractivity contribution < 1.29 is 28.6 Å². The molecule has 2 aromatic carbocycles. The Labute approximate surface area is 247 Å². The van der Waals surface area contributed by atoms with Gasteiger partial charge < -0.3 is 29.7 Å². The number of rotatable bonds is 5. The zero-order chi connectivity index (χ0) is 30.6. The lowest BCUT2D eigenvalue weighted by Gasteiger charge is -2.32. The molecule has 0 bridgehead atoms.